The molecule has 0 unspecified atom stereocenters. The Morgan fingerprint density at radius 3 is 2.40 bits per heavy atom. The lowest BCUT2D eigenvalue weighted by atomic mass is 10.2. The molecule has 0 heterocycles. The van der Waals surface area contributed by atoms with Crippen LogP contribution >= 0.6 is 0 Å². The number of hydrogen-bond donors (Lipinski definition) is 1. The van der Waals surface area contributed by atoms with Gasteiger partial charge in [0.05, 0.1) is 5.69 Å². The third kappa shape index (κ3) is 4.00. The van der Waals surface area contributed by atoms with Gasteiger partial charge in [-0.25, -0.2) is 0 Å². The number of rotatable bonds is 4. The molecule has 0 aliphatic heterocycles. The fourth-order valence-corrected chi connectivity index (χ4v) is 1.93. The average Bonchev–Trinajstić information content (AvgIpc) is 2.40. The zero-order valence-electron chi connectivity index (χ0n) is 10.2. The molecule has 102 valence electrons. The first-order valence-electron chi connectivity index (χ1n) is 5.53. The molecule has 0 saturated carbocycles. The Kier molecular flexibility index (Phi) is 3.91. The SMILES string of the molecule is C#Cc1cccc(Oc2ccc(NS(=O)(=O)F)cc2)c1. The van der Waals surface area contributed by atoms with Gasteiger partial charge >= 0.3 is 10.4 Å². The van der Waals surface area contributed by atoms with Gasteiger partial charge in [-0.15, -0.1) is 6.42 Å². The summed E-state index contributed by atoms with van der Waals surface area (Å²) in [5.41, 5.74) is 0.793. The highest BCUT2D eigenvalue weighted by molar-refractivity contribution is 7.87. The molecule has 20 heavy (non-hydrogen) atoms. The molecule has 0 saturated heterocycles. The number of anilines is 1. The van der Waals surface area contributed by atoms with Gasteiger partial charge < -0.3 is 4.74 Å². The van der Waals surface area contributed by atoms with Gasteiger partial charge in [0, 0.05) is 5.56 Å². The van der Waals surface area contributed by atoms with Crippen LogP contribution in [0.5, 0.6) is 11.5 Å². The van der Waals surface area contributed by atoms with Crippen LogP contribution < -0.4 is 9.46 Å². The molecule has 2 aromatic carbocycles. The Hall–Kier alpha value is -2.52. The first kappa shape index (κ1) is 13.9. The molecule has 2 aromatic rings. The van der Waals surface area contributed by atoms with E-state index < -0.39 is 10.4 Å². The van der Waals surface area contributed by atoms with Gasteiger partial charge in [-0.2, -0.15) is 8.42 Å². The minimum atomic E-state index is -4.77. The quantitative estimate of drug-likeness (QED) is 0.695. The van der Waals surface area contributed by atoms with E-state index in [0.29, 0.717) is 17.1 Å². The zero-order chi connectivity index (χ0) is 14.6. The first-order chi connectivity index (χ1) is 9.46. The number of nitrogens with one attached hydrogen (secondary N) is 1. The van der Waals surface area contributed by atoms with E-state index in [2.05, 4.69) is 5.92 Å². The third-order valence-electron chi connectivity index (χ3n) is 2.33. The normalized spacial score (nSPS) is 10.6. The fourth-order valence-electron chi connectivity index (χ4n) is 1.52. The van der Waals surface area contributed by atoms with Crippen LogP contribution in [-0.4, -0.2) is 8.42 Å². The van der Waals surface area contributed by atoms with Crippen LogP contribution in [0.15, 0.2) is 48.5 Å². The van der Waals surface area contributed by atoms with Crippen molar-refractivity contribution in [2.24, 2.45) is 0 Å². The summed E-state index contributed by atoms with van der Waals surface area (Å²) in [7, 11) is -4.77. The van der Waals surface area contributed by atoms with Crippen molar-refractivity contribution in [1.82, 2.24) is 0 Å². The molecule has 0 aliphatic rings. The Balaban J connectivity index is 2.13. The number of benzene rings is 2. The molecule has 6 heteroatoms. The predicted molar refractivity (Wildman–Crippen MR) is 74.5 cm³/mol. The summed E-state index contributed by atoms with van der Waals surface area (Å²) in [6.07, 6.45) is 5.28. The van der Waals surface area contributed by atoms with Crippen molar-refractivity contribution < 1.29 is 17.0 Å². The maximum Gasteiger partial charge on any atom is 0.396 e. The summed E-state index contributed by atoms with van der Waals surface area (Å²) < 4.78 is 40.5. The summed E-state index contributed by atoms with van der Waals surface area (Å²) in [4.78, 5) is 0. The minimum Gasteiger partial charge on any atom is -0.457 e. The van der Waals surface area contributed by atoms with Crippen LogP contribution in [0, 0.1) is 12.3 Å². The molecule has 0 spiro atoms. The Morgan fingerprint density at radius 2 is 1.80 bits per heavy atom. The monoisotopic (exact) mass is 291 g/mol. The molecular formula is C14H10FNO3S. The first-order valence-corrected chi connectivity index (χ1v) is 6.91. The lowest BCUT2D eigenvalue weighted by Gasteiger charge is -2.07. The highest BCUT2D eigenvalue weighted by Crippen LogP contribution is 2.24. The van der Waals surface area contributed by atoms with Crippen molar-refractivity contribution >= 4 is 16.1 Å². The number of terminal acetylenes is 1. The molecular weight excluding hydrogens is 281 g/mol. The highest BCUT2D eigenvalue weighted by atomic mass is 32.3. The maximum absolute atomic E-state index is 12.4. The number of halogens is 1. The Bertz CT molecular complexity index is 749. The number of ether oxygens (including phenoxy) is 1. The van der Waals surface area contributed by atoms with E-state index in [4.69, 9.17) is 11.2 Å². The van der Waals surface area contributed by atoms with Crippen LogP contribution in [0.1, 0.15) is 5.56 Å². The molecule has 4 nitrogen and oxygen atoms in total. The minimum absolute atomic E-state index is 0.109. The van der Waals surface area contributed by atoms with E-state index in [1.807, 2.05) is 0 Å². The summed E-state index contributed by atoms with van der Waals surface area (Å²) in [5, 5.41) is 0. The summed E-state index contributed by atoms with van der Waals surface area (Å²) >= 11 is 0. The van der Waals surface area contributed by atoms with Gasteiger partial charge in [0.2, 0.25) is 0 Å². The van der Waals surface area contributed by atoms with Crippen molar-refractivity contribution in [2.45, 2.75) is 0 Å². The molecule has 2 rings (SSSR count). The third-order valence-corrected chi connectivity index (χ3v) is 2.81. The van der Waals surface area contributed by atoms with Crippen LogP contribution in [0.4, 0.5) is 9.57 Å². The number of hydrogen-bond acceptors (Lipinski definition) is 3. The van der Waals surface area contributed by atoms with Crippen LogP contribution in [0.2, 0.25) is 0 Å². The van der Waals surface area contributed by atoms with E-state index >= 15 is 0 Å². The van der Waals surface area contributed by atoms with E-state index in [0.717, 1.165) is 0 Å². The summed E-state index contributed by atoms with van der Waals surface area (Å²) in [5.74, 6) is 3.52. The van der Waals surface area contributed by atoms with Crippen molar-refractivity contribution in [3.05, 3.63) is 54.1 Å². The van der Waals surface area contributed by atoms with E-state index in [1.54, 1.807) is 29.0 Å². The Labute approximate surface area is 116 Å². The van der Waals surface area contributed by atoms with Gasteiger partial charge in [0.1, 0.15) is 11.5 Å². The highest BCUT2D eigenvalue weighted by Gasteiger charge is 2.06. The van der Waals surface area contributed by atoms with Gasteiger partial charge in [-0.05, 0) is 42.5 Å². The molecule has 0 bridgehead atoms. The lowest BCUT2D eigenvalue weighted by molar-refractivity contribution is 0.482. The van der Waals surface area contributed by atoms with E-state index in [1.165, 1.54) is 24.3 Å². The molecule has 1 N–H and O–H groups in total. The van der Waals surface area contributed by atoms with E-state index in [9.17, 15) is 12.3 Å². The fraction of sp³-hybridized carbons (Fsp3) is 0. The molecule has 0 amide bonds. The van der Waals surface area contributed by atoms with Crippen LogP contribution in [-0.2, 0) is 10.4 Å². The smallest absolute Gasteiger partial charge is 0.396 e. The second kappa shape index (κ2) is 5.63. The standard InChI is InChI=1S/C14H10FNO3S/c1-2-11-4-3-5-14(10-11)19-13-8-6-12(7-9-13)16-20(15,17)18/h1,3-10,16H. The molecule has 0 aromatic heterocycles. The largest absolute Gasteiger partial charge is 0.457 e. The maximum atomic E-state index is 12.4. The predicted octanol–water partition coefficient (Wildman–Crippen LogP) is 3.09. The van der Waals surface area contributed by atoms with Gasteiger partial charge in [0.25, 0.3) is 0 Å². The van der Waals surface area contributed by atoms with Gasteiger partial charge in [-0.1, -0.05) is 15.9 Å². The van der Waals surface area contributed by atoms with Crippen LogP contribution in [0.25, 0.3) is 0 Å². The van der Waals surface area contributed by atoms with E-state index in [-0.39, 0.29) is 5.69 Å². The molecule has 0 radical (unpaired) electrons. The van der Waals surface area contributed by atoms with Gasteiger partial charge in [0.15, 0.2) is 0 Å². The summed E-state index contributed by atoms with van der Waals surface area (Å²) in [6, 6.07) is 12.8. The topological polar surface area (TPSA) is 55.4 Å². The zero-order valence-corrected chi connectivity index (χ0v) is 11.0. The van der Waals surface area contributed by atoms with Gasteiger partial charge in [-0.3, -0.25) is 4.72 Å². The van der Waals surface area contributed by atoms with Crippen LogP contribution in [0.3, 0.4) is 0 Å². The average molecular weight is 291 g/mol. The lowest BCUT2D eigenvalue weighted by Crippen LogP contribution is -2.04. The summed E-state index contributed by atoms with van der Waals surface area (Å²) in [6.45, 7) is 0. The molecule has 0 aliphatic carbocycles. The van der Waals surface area contributed by atoms with Crippen molar-refractivity contribution in [3.63, 3.8) is 0 Å². The second-order valence-electron chi connectivity index (χ2n) is 3.84. The van der Waals surface area contributed by atoms with Crippen molar-refractivity contribution in [1.29, 1.82) is 0 Å². The Morgan fingerprint density at radius 1 is 1.10 bits per heavy atom. The second-order valence-corrected chi connectivity index (χ2v) is 4.92. The van der Waals surface area contributed by atoms with Crippen molar-refractivity contribution in [2.75, 3.05) is 4.72 Å². The molecule has 0 fully saturated rings. The van der Waals surface area contributed by atoms with Crippen molar-refractivity contribution in [3.8, 4) is 23.8 Å². The molecule has 0 atom stereocenters.